The molecule has 2 aromatic carbocycles. The molecule has 0 saturated heterocycles. The highest BCUT2D eigenvalue weighted by Crippen LogP contribution is 2.31. The van der Waals surface area contributed by atoms with Gasteiger partial charge in [0.05, 0.1) is 18.7 Å². The number of H-pyrrole nitrogens is 1. The van der Waals surface area contributed by atoms with Gasteiger partial charge in [-0.05, 0) is 36.8 Å². The summed E-state index contributed by atoms with van der Waals surface area (Å²) in [4.78, 5) is 29.5. The van der Waals surface area contributed by atoms with Crippen molar-refractivity contribution in [3.8, 4) is 22.8 Å². The van der Waals surface area contributed by atoms with Crippen molar-refractivity contribution in [2.24, 2.45) is 0 Å². The van der Waals surface area contributed by atoms with Crippen LogP contribution in [-0.2, 0) is 0 Å². The number of hydrogen-bond acceptors (Lipinski definition) is 6. The lowest BCUT2D eigenvalue weighted by molar-refractivity contribution is -0.275. The second-order valence-corrected chi connectivity index (χ2v) is 7.90. The lowest BCUT2D eigenvalue weighted by Gasteiger charge is -2.19. The first-order chi connectivity index (χ1) is 18.1. The zero-order valence-corrected chi connectivity index (χ0v) is 19.6. The third kappa shape index (κ3) is 5.47. The Hall–Kier alpha value is -4.61. The van der Waals surface area contributed by atoms with Gasteiger partial charge >= 0.3 is 6.36 Å². The van der Waals surface area contributed by atoms with Crippen LogP contribution in [-0.4, -0.2) is 47.5 Å². The van der Waals surface area contributed by atoms with Gasteiger partial charge in [-0.3, -0.25) is 14.7 Å². The molecule has 0 aliphatic heterocycles. The molecule has 4 rings (SSSR count). The van der Waals surface area contributed by atoms with Gasteiger partial charge in [0.1, 0.15) is 11.3 Å². The number of benzene rings is 2. The Morgan fingerprint density at radius 3 is 2.62 bits per heavy atom. The van der Waals surface area contributed by atoms with E-state index in [4.69, 9.17) is 6.11 Å². The van der Waals surface area contributed by atoms with Crippen LogP contribution in [0.4, 0.5) is 13.2 Å². The van der Waals surface area contributed by atoms with Crippen LogP contribution in [0.15, 0.2) is 54.7 Å². The number of nitrogens with zero attached hydrogens (tertiary/aromatic N) is 2. The third-order valence-corrected chi connectivity index (χ3v) is 5.52. The average Bonchev–Trinajstić information content (AvgIpc) is 3.31. The Morgan fingerprint density at radius 2 is 1.89 bits per heavy atom. The molecule has 0 aliphatic carbocycles. The minimum Gasteiger partial charge on any atom is -0.480 e. The maximum Gasteiger partial charge on any atom is 0.573 e. The fourth-order valence-corrected chi connectivity index (χ4v) is 3.80. The van der Waals surface area contributed by atoms with Crippen molar-refractivity contribution in [1.82, 2.24) is 25.8 Å². The van der Waals surface area contributed by atoms with Gasteiger partial charge in [-0.25, -0.2) is 4.98 Å². The van der Waals surface area contributed by atoms with Crippen LogP contribution < -0.4 is 20.1 Å². The Kier molecular flexibility index (Phi) is 6.62. The van der Waals surface area contributed by atoms with Crippen LogP contribution in [0.25, 0.3) is 22.0 Å². The maximum absolute atomic E-state index is 13.2. The zero-order chi connectivity index (χ0) is 27.4. The summed E-state index contributed by atoms with van der Waals surface area (Å²) in [6, 6.07) is 11.3. The molecule has 3 N–H and O–H groups in total. The van der Waals surface area contributed by atoms with E-state index in [0.717, 1.165) is 0 Å². The first-order valence-corrected chi connectivity index (χ1v) is 10.9. The molecule has 4 aromatic rings. The van der Waals surface area contributed by atoms with Crippen LogP contribution in [0, 0.1) is 0 Å². The molecule has 37 heavy (non-hydrogen) atoms. The molecule has 2 heterocycles. The topological polar surface area (TPSA) is 118 Å². The van der Waals surface area contributed by atoms with Crippen LogP contribution in [0.2, 0.25) is 0 Å². The van der Waals surface area contributed by atoms with Crippen LogP contribution in [0.5, 0.6) is 11.6 Å². The highest BCUT2D eigenvalue weighted by atomic mass is 19.4. The Bertz CT molecular complexity index is 1490. The Morgan fingerprint density at radius 1 is 1.11 bits per heavy atom. The first kappa shape index (κ1) is 24.1. The summed E-state index contributed by atoms with van der Waals surface area (Å²) in [5.74, 6) is -1.51. The molecular formula is C25H22F3N5O4. The fraction of sp³-hybridized carbons (Fsp3) is 0.200. The van der Waals surface area contributed by atoms with E-state index < -0.39 is 30.0 Å². The van der Waals surface area contributed by atoms with Crippen LogP contribution in [0.3, 0.4) is 0 Å². The number of methoxy groups -OCH3 is 1. The number of fused-ring (bicyclic) bond motifs is 1. The number of aromatic nitrogens is 3. The maximum atomic E-state index is 13.2. The Labute approximate surface area is 210 Å². The van der Waals surface area contributed by atoms with E-state index in [-0.39, 0.29) is 29.7 Å². The number of pyridine rings is 1. The molecule has 0 bridgehead atoms. The minimum absolute atomic E-state index is 0.0234. The molecule has 192 valence electrons. The minimum atomic E-state index is -4.89. The van der Waals surface area contributed by atoms with Crippen molar-refractivity contribution in [3.05, 3.63) is 71.5 Å². The molecule has 1 atom stereocenters. The lowest BCUT2D eigenvalue weighted by Crippen LogP contribution is -2.28. The smallest absolute Gasteiger partial charge is 0.480 e. The van der Waals surface area contributed by atoms with E-state index >= 15 is 0 Å². The molecule has 0 spiro atoms. The number of amides is 2. The summed E-state index contributed by atoms with van der Waals surface area (Å²) in [7, 11) is 1.06. The molecule has 2 amide bonds. The highest BCUT2D eigenvalue weighted by Gasteiger charge is 2.33. The molecule has 12 heteroatoms. The predicted molar refractivity (Wildman–Crippen MR) is 128 cm³/mol. The van der Waals surface area contributed by atoms with Gasteiger partial charge in [0.15, 0.2) is 5.69 Å². The van der Waals surface area contributed by atoms with Gasteiger partial charge in [0.25, 0.3) is 11.8 Å². The van der Waals surface area contributed by atoms with Crippen molar-refractivity contribution in [2.45, 2.75) is 19.3 Å². The number of carbonyl (C=O) groups is 2. The number of hydrogen-bond donors (Lipinski definition) is 3. The molecule has 1 unspecified atom stereocenters. The summed E-state index contributed by atoms with van der Waals surface area (Å²) in [5, 5.41) is 12.4. The zero-order valence-electron chi connectivity index (χ0n) is 20.6. The number of aromatic amines is 1. The van der Waals surface area contributed by atoms with Gasteiger partial charge in [0, 0.05) is 31.1 Å². The first-order valence-electron chi connectivity index (χ1n) is 11.6. The van der Waals surface area contributed by atoms with Gasteiger partial charge in [-0.2, -0.15) is 5.10 Å². The molecule has 0 aliphatic rings. The van der Waals surface area contributed by atoms with Crippen molar-refractivity contribution in [1.29, 1.82) is 0 Å². The number of nitrogens with one attached hydrogen (secondary N) is 3. The number of halogens is 3. The standard InChI is InChI=1S/C25H22F3N5O4/c1-13(16-6-4-5-7-20(16)37-25(26,27)28)31-22(34)18-10-15(12-30-24(18)36-3)14-8-9-17-19(11-14)32-33-21(17)23(35)29-2/h4-13H,1-3H3,(H,29,35)(H,31,34)(H,32,33)/i2D. The van der Waals surface area contributed by atoms with E-state index in [1.807, 2.05) is 0 Å². The van der Waals surface area contributed by atoms with E-state index in [0.29, 0.717) is 22.0 Å². The van der Waals surface area contributed by atoms with E-state index in [9.17, 15) is 22.8 Å². The largest absolute Gasteiger partial charge is 0.573 e. The quantitative estimate of drug-likeness (QED) is 0.337. The number of para-hydroxylation sites is 1. The summed E-state index contributed by atoms with van der Waals surface area (Å²) in [6.07, 6.45) is -3.39. The number of alkyl halides is 3. The van der Waals surface area contributed by atoms with Crippen molar-refractivity contribution in [3.63, 3.8) is 0 Å². The Balaban J connectivity index is 1.62. The van der Waals surface area contributed by atoms with Crippen molar-refractivity contribution < 1.29 is 33.6 Å². The van der Waals surface area contributed by atoms with E-state index in [1.165, 1.54) is 50.6 Å². The molecule has 0 saturated carbocycles. The molecular weight excluding hydrogens is 491 g/mol. The summed E-state index contributed by atoms with van der Waals surface area (Å²) in [5.41, 5.74) is 2.08. The number of rotatable bonds is 7. The average molecular weight is 514 g/mol. The van der Waals surface area contributed by atoms with Crippen LogP contribution in [0.1, 0.15) is 40.7 Å². The SMILES string of the molecule is [2H]CNC(=O)c1n[nH]c2cc(-c3cnc(OC)c(C(=O)NC(C)c4ccccc4OC(F)(F)F)c3)ccc12. The number of carbonyl (C=O) groups excluding carboxylic acids is 2. The highest BCUT2D eigenvalue weighted by molar-refractivity contribution is 6.05. The molecule has 0 radical (unpaired) electrons. The second-order valence-electron chi connectivity index (χ2n) is 7.90. The second kappa shape index (κ2) is 10.2. The lowest BCUT2D eigenvalue weighted by atomic mass is 10.0. The van der Waals surface area contributed by atoms with Gasteiger partial charge < -0.3 is 20.1 Å². The van der Waals surface area contributed by atoms with Crippen molar-refractivity contribution in [2.75, 3.05) is 14.1 Å². The third-order valence-electron chi connectivity index (χ3n) is 5.52. The van der Waals surface area contributed by atoms with Gasteiger partial charge in [-0.1, -0.05) is 24.3 Å². The molecule has 0 fully saturated rings. The van der Waals surface area contributed by atoms with Gasteiger partial charge in [-0.15, -0.1) is 13.2 Å². The van der Waals surface area contributed by atoms with Gasteiger partial charge in [0.2, 0.25) is 5.88 Å². The van der Waals surface area contributed by atoms with Crippen molar-refractivity contribution >= 4 is 22.7 Å². The van der Waals surface area contributed by atoms with E-state index in [1.54, 1.807) is 18.2 Å². The monoisotopic (exact) mass is 514 g/mol. The number of ether oxygens (including phenoxy) is 2. The summed E-state index contributed by atoms with van der Waals surface area (Å²) >= 11 is 0. The summed E-state index contributed by atoms with van der Waals surface area (Å²) < 4.78 is 54.9. The summed E-state index contributed by atoms with van der Waals surface area (Å²) in [6.45, 7) is 1.53. The van der Waals surface area contributed by atoms with Crippen LogP contribution >= 0.6 is 0 Å². The van der Waals surface area contributed by atoms with E-state index in [2.05, 4.69) is 30.6 Å². The molecule has 9 nitrogen and oxygen atoms in total. The normalized spacial score (nSPS) is 12.5. The fourth-order valence-electron chi connectivity index (χ4n) is 3.80. The predicted octanol–water partition coefficient (Wildman–Crippen LogP) is 4.38. The molecule has 2 aromatic heterocycles.